The Morgan fingerprint density at radius 1 is 1.11 bits per heavy atom. The van der Waals surface area contributed by atoms with E-state index >= 15 is 0 Å². The molecule has 148 valence electrons. The third kappa shape index (κ3) is 5.20. The van der Waals surface area contributed by atoms with Gasteiger partial charge in [0.25, 0.3) is 0 Å². The second kappa shape index (κ2) is 9.34. The van der Waals surface area contributed by atoms with E-state index in [0.29, 0.717) is 17.9 Å². The molecule has 1 N–H and O–H groups in total. The molecule has 0 aliphatic carbocycles. The molecule has 0 atom stereocenters. The molecule has 3 nitrogen and oxygen atoms in total. The third-order valence-corrected chi connectivity index (χ3v) is 5.25. The highest BCUT2D eigenvalue weighted by Crippen LogP contribution is 2.28. The van der Waals surface area contributed by atoms with Gasteiger partial charge in [-0.05, 0) is 59.2 Å². The van der Waals surface area contributed by atoms with Crippen LogP contribution in [0.15, 0.2) is 64.5 Å². The molecule has 28 heavy (non-hydrogen) atoms. The van der Waals surface area contributed by atoms with Crippen LogP contribution in [0.5, 0.6) is 0 Å². The molecule has 0 saturated carbocycles. The molecule has 0 unspecified atom stereocenters. The van der Waals surface area contributed by atoms with Gasteiger partial charge in [-0.3, -0.25) is 0 Å². The van der Waals surface area contributed by atoms with Crippen LogP contribution < -0.4 is 5.32 Å². The lowest BCUT2D eigenvalue weighted by Gasteiger charge is -2.30. The van der Waals surface area contributed by atoms with E-state index in [1.165, 1.54) is 23.3 Å². The molecule has 3 rings (SSSR count). The number of hydrogen-bond acceptors (Lipinski definition) is 3. The van der Waals surface area contributed by atoms with Crippen molar-refractivity contribution in [2.45, 2.75) is 26.6 Å². The zero-order valence-corrected chi connectivity index (χ0v) is 17.5. The summed E-state index contributed by atoms with van der Waals surface area (Å²) >= 11 is 3.58. The molecule has 1 heterocycles. The number of rotatable bonds is 7. The summed E-state index contributed by atoms with van der Waals surface area (Å²) in [5.41, 5.74) is 3.87. The predicted octanol–water partition coefficient (Wildman–Crippen LogP) is 5.23. The van der Waals surface area contributed by atoms with Crippen LogP contribution in [0.4, 0.5) is 8.78 Å². The second-order valence-corrected chi connectivity index (χ2v) is 7.74. The van der Waals surface area contributed by atoms with Crippen molar-refractivity contribution in [3.8, 4) is 0 Å². The van der Waals surface area contributed by atoms with Crippen LogP contribution in [-0.2, 0) is 24.4 Å². The highest BCUT2D eigenvalue weighted by atomic mass is 79.9. The van der Waals surface area contributed by atoms with Gasteiger partial charge < -0.3 is 15.0 Å². The Bertz CT molecular complexity index is 894. The maximum Gasteiger partial charge on any atom is 0.133 e. The Kier molecular flexibility index (Phi) is 6.86. The van der Waals surface area contributed by atoms with Gasteiger partial charge in [-0.2, -0.15) is 0 Å². The maximum absolute atomic E-state index is 13.8. The first-order valence-electron chi connectivity index (χ1n) is 9.07. The topological polar surface area (TPSA) is 24.5 Å². The lowest BCUT2D eigenvalue weighted by atomic mass is 10.1. The van der Waals surface area contributed by atoms with Crippen molar-refractivity contribution in [3.63, 3.8) is 0 Å². The van der Waals surface area contributed by atoms with Gasteiger partial charge >= 0.3 is 0 Å². The summed E-state index contributed by atoms with van der Waals surface area (Å²) in [6.07, 6.45) is 1.93. The summed E-state index contributed by atoms with van der Waals surface area (Å²) in [4.78, 5) is 2.24. The highest BCUT2D eigenvalue weighted by Gasteiger charge is 2.18. The molecule has 0 aromatic heterocycles. The van der Waals surface area contributed by atoms with Crippen molar-refractivity contribution in [2.24, 2.45) is 0 Å². The average Bonchev–Trinajstić information content (AvgIpc) is 2.66. The Morgan fingerprint density at radius 3 is 2.50 bits per heavy atom. The predicted molar refractivity (Wildman–Crippen MR) is 110 cm³/mol. The molecule has 2 aromatic rings. The van der Waals surface area contributed by atoms with Crippen molar-refractivity contribution >= 4 is 15.9 Å². The van der Waals surface area contributed by atoms with Crippen LogP contribution in [0.1, 0.15) is 23.6 Å². The number of benzene rings is 2. The summed E-state index contributed by atoms with van der Waals surface area (Å²) in [5.74, 6) is -0.525. The zero-order valence-electron chi connectivity index (χ0n) is 15.9. The zero-order chi connectivity index (χ0) is 20.1. The average molecular weight is 449 g/mol. The van der Waals surface area contributed by atoms with E-state index in [1.807, 2.05) is 20.0 Å². The smallest absolute Gasteiger partial charge is 0.133 e. The molecule has 0 saturated heterocycles. The third-order valence-electron chi connectivity index (χ3n) is 4.61. The van der Waals surface area contributed by atoms with Gasteiger partial charge in [-0.1, -0.05) is 24.3 Å². The minimum atomic E-state index is -0.600. The second-order valence-electron chi connectivity index (χ2n) is 6.78. The van der Waals surface area contributed by atoms with Gasteiger partial charge in [0.05, 0.1) is 11.0 Å². The van der Waals surface area contributed by atoms with E-state index in [1.54, 1.807) is 0 Å². The standard InChI is InChI=1S/C22H23BrF2N2O/c1-15-9-22(28-14-18-7-8-19(24)10-21(18)25)20(23)13-27(15)12-17-5-3-16(4-6-17)11-26-2/h3-10,26H,11-14H2,1-2H3. The molecule has 6 heteroatoms. The Morgan fingerprint density at radius 2 is 1.82 bits per heavy atom. The van der Waals surface area contributed by atoms with Crippen LogP contribution in [0, 0.1) is 11.6 Å². The van der Waals surface area contributed by atoms with Crippen molar-refractivity contribution < 1.29 is 13.5 Å². The molecule has 0 bridgehead atoms. The van der Waals surface area contributed by atoms with Crippen molar-refractivity contribution in [2.75, 3.05) is 13.6 Å². The first-order valence-corrected chi connectivity index (χ1v) is 9.86. The molecule has 0 spiro atoms. The van der Waals surface area contributed by atoms with Crippen LogP contribution in [0.3, 0.4) is 0 Å². The van der Waals surface area contributed by atoms with Crippen molar-refractivity contribution in [1.29, 1.82) is 0 Å². The summed E-state index contributed by atoms with van der Waals surface area (Å²) < 4.78 is 33.5. The van der Waals surface area contributed by atoms with Crippen molar-refractivity contribution in [1.82, 2.24) is 10.2 Å². The molecular formula is C22H23BrF2N2O. The monoisotopic (exact) mass is 448 g/mol. The largest absolute Gasteiger partial charge is 0.488 e. The molecule has 1 aliphatic heterocycles. The summed E-state index contributed by atoms with van der Waals surface area (Å²) in [6.45, 7) is 4.38. The van der Waals surface area contributed by atoms with Crippen LogP contribution in [-0.4, -0.2) is 18.5 Å². The fraction of sp³-hybridized carbons (Fsp3) is 0.273. The Hall–Kier alpha value is -2.18. The normalized spacial score (nSPS) is 14.3. The molecule has 2 aromatic carbocycles. The van der Waals surface area contributed by atoms with Crippen LogP contribution >= 0.6 is 15.9 Å². The fourth-order valence-corrected chi connectivity index (χ4v) is 3.54. The Balaban J connectivity index is 1.62. The van der Waals surface area contributed by atoms with E-state index < -0.39 is 11.6 Å². The van der Waals surface area contributed by atoms with Gasteiger partial charge in [0, 0.05) is 30.4 Å². The Labute approximate surface area is 172 Å². The van der Waals surface area contributed by atoms with E-state index in [9.17, 15) is 8.78 Å². The van der Waals surface area contributed by atoms with Gasteiger partial charge in [0.2, 0.25) is 0 Å². The number of hydrogen-bond donors (Lipinski definition) is 1. The molecule has 0 radical (unpaired) electrons. The fourth-order valence-electron chi connectivity index (χ4n) is 3.01. The number of ether oxygens (including phenoxy) is 1. The quantitative estimate of drug-likeness (QED) is 0.627. The number of nitrogens with one attached hydrogen (secondary N) is 1. The first kappa shape index (κ1) is 20.6. The van der Waals surface area contributed by atoms with Crippen molar-refractivity contribution in [3.05, 3.63) is 92.8 Å². The molecule has 0 fully saturated rings. The lowest BCUT2D eigenvalue weighted by molar-refractivity contribution is 0.197. The van der Waals surface area contributed by atoms with Gasteiger partial charge in [0.15, 0.2) is 0 Å². The highest BCUT2D eigenvalue weighted by molar-refractivity contribution is 9.11. The van der Waals surface area contributed by atoms with Gasteiger partial charge in [-0.25, -0.2) is 8.78 Å². The lowest BCUT2D eigenvalue weighted by Crippen LogP contribution is -2.26. The number of allylic oxidation sites excluding steroid dienone is 2. The summed E-state index contributed by atoms with van der Waals surface area (Å²) in [6, 6.07) is 12.0. The van der Waals surface area contributed by atoms with Crippen LogP contribution in [0.25, 0.3) is 0 Å². The SMILES string of the molecule is CNCc1ccc(CN2CC(Br)=C(OCc3ccc(F)cc3F)C=C2C)cc1. The maximum atomic E-state index is 13.8. The van der Waals surface area contributed by atoms with Crippen LogP contribution in [0.2, 0.25) is 0 Å². The van der Waals surface area contributed by atoms with E-state index in [2.05, 4.69) is 50.4 Å². The minimum absolute atomic E-state index is 0.0489. The van der Waals surface area contributed by atoms with Gasteiger partial charge in [-0.15, -0.1) is 0 Å². The van der Waals surface area contributed by atoms with Gasteiger partial charge in [0.1, 0.15) is 24.0 Å². The molecule has 1 aliphatic rings. The molecule has 0 amide bonds. The number of halogens is 3. The molecular weight excluding hydrogens is 426 g/mol. The minimum Gasteiger partial charge on any atom is -0.488 e. The van der Waals surface area contributed by atoms with E-state index in [-0.39, 0.29) is 6.61 Å². The van der Waals surface area contributed by atoms with E-state index in [4.69, 9.17) is 4.74 Å². The number of nitrogens with zero attached hydrogens (tertiary/aromatic N) is 1. The summed E-state index contributed by atoms with van der Waals surface area (Å²) in [7, 11) is 1.93. The summed E-state index contributed by atoms with van der Waals surface area (Å²) in [5, 5.41) is 3.14. The first-order chi connectivity index (χ1) is 13.5. The van der Waals surface area contributed by atoms with E-state index in [0.717, 1.165) is 29.3 Å².